The predicted octanol–water partition coefficient (Wildman–Crippen LogP) is 0.490. The van der Waals surface area contributed by atoms with E-state index in [1.807, 2.05) is 13.8 Å². The van der Waals surface area contributed by atoms with E-state index in [0.29, 0.717) is 6.42 Å². The fourth-order valence-corrected chi connectivity index (χ4v) is 3.15. The number of hydrogen-bond donors (Lipinski definition) is 4. The van der Waals surface area contributed by atoms with Gasteiger partial charge in [0.15, 0.2) is 12.5 Å². The summed E-state index contributed by atoms with van der Waals surface area (Å²) in [6.07, 6.45) is -0.620. The van der Waals surface area contributed by atoms with Gasteiger partial charge in [-0.25, -0.2) is 9.59 Å². The van der Waals surface area contributed by atoms with E-state index in [0.717, 1.165) is 0 Å². The van der Waals surface area contributed by atoms with Crippen LogP contribution in [0.2, 0.25) is 0 Å². The van der Waals surface area contributed by atoms with Gasteiger partial charge in [-0.2, -0.15) is 4.98 Å². The number of aromatic nitrogens is 2. The number of rotatable bonds is 9. The smallest absolute Gasteiger partial charge is 0.408 e. The molecule has 0 radical (unpaired) electrons. The van der Waals surface area contributed by atoms with Crippen LogP contribution in [0.4, 0.5) is 10.6 Å². The Kier molecular flexibility index (Phi) is 9.74. The lowest BCUT2D eigenvalue weighted by Crippen LogP contribution is -2.52. The van der Waals surface area contributed by atoms with Gasteiger partial charge in [0.25, 0.3) is 0 Å². The molecule has 13 heteroatoms. The fourth-order valence-electron chi connectivity index (χ4n) is 3.15. The van der Waals surface area contributed by atoms with Gasteiger partial charge in [-0.3, -0.25) is 14.2 Å². The molecule has 1 saturated heterocycles. The van der Waals surface area contributed by atoms with Gasteiger partial charge < -0.3 is 35.3 Å². The molecule has 2 rings (SSSR count). The molecule has 1 fully saturated rings. The van der Waals surface area contributed by atoms with Crippen molar-refractivity contribution in [2.24, 2.45) is 5.92 Å². The Bertz CT molecular complexity index is 958. The van der Waals surface area contributed by atoms with E-state index in [4.69, 9.17) is 19.3 Å². The molecule has 0 aromatic carbocycles. The van der Waals surface area contributed by atoms with Gasteiger partial charge in [0, 0.05) is 6.20 Å². The molecule has 4 N–H and O–H groups in total. The van der Waals surface area contributed by atoms with Crippen molar-refractivity contribution in [3.63, 3.8) is 0 Å². The van der Waals surface area contributed by atoms with Gasteiger partial charge in [-0.05, 0) is 46.1 Å². The maximum atomic E-state index is 12.9. The standard InChI is InChI=1S/C22H35N5O8/c1-12(2)9-14(24-18(29)13(3)23-21(32)35-22(4,5)6)19(30)25-15-7-8-27(20(31)26-15)16-11-33-17(10-28)34-16/h7-8,12-14,16-17,28H,9-11H2,1-6H3,(H,23,32)(H,24,29)(H,25,26,30,31)/t13-,14-,16-,17-/m0/s1. The second-order valence-electron chi connectivity index (χ2n) is 9.59. The zero-order chi connectivity index (χ0) is 26.3. The van der Waals surface area contributed by atoms with Gasteiger partial charge in [0.1, 0.15) is 23.5 Å². The van der Waals surface area contributed by atoms with Crippen molar-refractivity contribution in [1.29, 1.82) is 0 Å². The van der Waals surface area contributed by atoms with E-state index in [1.165, 1.54) is 23.8 Å². The highest BCUT2D eigenvalue weighted by molar-refractivity contribution is 5.97. The van der Waals surface area contributed by atoms with Crippen molar-refractivity contribution in [2.45, 2.75) is 78.2 Å². The third kappa shape index (κ3) is 8.92. The number of amides is 3. The second-order valence-corrected chi connectivity index (χ2v) is 9.59. The summed E-state index contributed by atoms with van der Waals surface area (Å²) in [6.45, 7) is 10.1. The number of nitrogens with zero attached hydrogens (tertiary/aromatic N) is 2. The van der Waals surface area contributed by atoms with Gasteiger partial charge in [0.2, 0.25) is 11.8 Å². The molecule has 0 unspecified atom stereocenters. The van der Waals surface area contributed by atoms with Crippen LogP contribution in [0.25, 0.3) is 0 Å². The summed E-state index contributed by atoms with van der Waals surface area (Å²) in [4.78, 5) is 53.7. The fraction of sp³-hybridized carbons (Fsp3) is 0.682. The summed E-state index contributed by atoms with van der Waals surface area (Å²) in [7, 11) is 0. The summed E-state index contributed by atoms with van der Waals surface area (Å²) in [6, 6.07) is -0.479. The minimum atomic E-state index is -0.953. The highest BCUT2D eigenvalue weighted by Crippen LogP contribution is 2.19. The van der Waals surface area contributed by atoms with Crippen molar-refractivity contribution < 1.29 is 33.7 Å². The number of aliphatic hydroxyl groups excluding tert-OH is 1. The van der Waals surface area contributed by atoms with Crippen LogP contribution in [0.15, 0.2) is 17.1 Å². The number of nitrogens with one attached hydrogen (secondary N) is 3. The third-order valence-electron chi connectivity index (χ3n) is 4.74. The quantitative estimate of drug-likeness (QED) is 0.379. The highest BCUT2D eigenvalue weighted by Gasteiger charge is 2.29. The van der Waals surface area contributed by atoms with Crippen LogP contribution in [0, 0.1) is 5.92 Å². The number of anilines is 1. The van der Waals surface area contributed by atoms with E-state index in [1.54, 1.807) is 20.8 Å². The van der Waals surface area contributed by atoms with Gasteiger partial charge in [-0.15, -0.1) is 0 Å². The van der Waals surface area contributed by atoms with Crippen LogP contribution < -0.4 is 21.6 Å². The summed E-state index contributed by atoms with van der Waals surface area (Å²) in [5.74, 6) is -1.09. The second kappa shape index (κ2) is 12.1. The largest absolute Gasteiger partial charge is 0.444 e. The Morgan fingerprint density at radius 1 is 1.23 bits per heavy atom. The number of ether oxygens (including phenoxy) is 3. The van der Waals surface area contributed by atoms with Crippen LogP contribution >= 0.6 is 0 Å². The number of aliphatic hydroxyl groups is 1. The van der Waals surface area contributed by atoms with E-state index in [2.05, 4.69) is 20.9 Å². The molecule has 1 aliphatic rings. The van der Waals surface area contributed by atoms with E-state index < -0.39 is 53.8 Å². The van der Waals surface area contributed by atoms with Gasteiger partial charge in [0.05, 0.1) is 13.2 Å². The van der Waals surface area contributed by atoms with E-state index in [9.17, 15) is 19.2 Å². The SMILES string of the molecule is CC(C)C[C@H](NC(=O)[C@H](C)NC(=O)OC(C)(C)C)C(=O)Nc1ccn([C@@H]2CO[C@H](CO)O2)c(=O)n1. The summed E-state index contributed by atoms with van der Waals surface area (Å²) in [5.41, 5.74) is -1.41. The molecule has 0 spiro atoms. The number of carbonyl (C=O) groups is 3. The Hall–Kier alpha value is -3.03. The molecule has 0 saturated carbocycles. The average molecular weight is 498 g/mol. The Balaban J connectivity index is 2.03. The molecule has 1 aromatic rings. The van der Waals surface area contributed by atoms with Crippen LogP contribution in [0.5, 0.6) is 0 Å². The summed E-state index contributed by atoms with van der Waals surface area (Å²) < 4.78 is 16.9. The van der Waals surface area contributed by atoms with Crippen molar-refractivity contribution in [3.8, 4) is 0 Å². The number of carbonyl (C=O) groups excluding carboxylic acids is 3. The lowest BCUT2D eigenvalue weighted by molar-refractivity contribution is -0.127. The van der Waals surface area contributed by atoms with Crippen LogP contribution in [-0.2, 0) is 23.8 Å². The first-order valence-electron chi connectivity index (χ1n) is 11.4. The minimum absolute atomic E-state index is 0.00296. The normalized spacial score (nSPS) is 19.7. The maximum Gasteiger partial charge on any atom is 0.408 e. The molecule has 3 amide bonds. The summed E-state index contributed by atoms with van der Waals surface area (Å²) >= 11 is 0. The van der Waals surface area contributed by atoms with Crippen molar-refractivity contribution in [1.82, 2.24) is 20.2 Å². The topological polar surface area (TPSA) is 170 Å². The van der Waals surface area contributed by atoms with E-state index >= 15 is 0 Å². The molecule has 4 atom stereocenters. The minimum Gasteiger partial charge on any atom is -0.444 e. The van der Waals surface area contributed by atoms with Crippen LogP contribution in [0.3, 0.4) is 0 Å². The molecule has 0 aliphatic carbocycles. The first kappa shape index (κ1) is 28.2. The first-order valence-corrected chi connectivity index (χ1v) is 11.4. The molecule has 35 heavy (non-hydrogen) atoms. The molecule has 13 nitrogen and oxygen atoms in total. The third-order valence-corrected chi connectivity index (χ3v) is 4.74. The molecular weight excluding hydrogens is 462 g/mol. The van der Waals surface area contributed by atoms with Crippen molar-refractivity contribution in [2.75, 3.05) is 18.5 Å². The lowest BCUT2D eigenvalue weighted by atomic mass is 10.0. The zero-order valence-electron chi connectivity index (χ0n) is 20.9. The molecular formula is C22H35N5O8. The van der Waals surface area contributed by atoms with Crippen LogP contribution in [0.1, 0.15) is 54.2 Å². The molecule has 2 heterocycles. The van der Waals surface area contributed by atoms with E-state index in [-0.39, 0.29) is 24.9 Å². The Morgan fingerprint density at radius 3 is 2.46 bits per heavy atom. The molecule has 196 valence electrons. The van der Waals surface area contributed by atoms with Crippen molar-refractivity contribution >= 4 is 23.7 Å². The Labute approximate surface area is 203 Å². The zero-order valence-corrected chi connectivity index (χ0v) is 20.9. The van der Waals surface area contributed by atoms with Crippen LogP contribution in [-0.4, -0.2) is 69.8 Å². The predicted molar refractivity (Wildman–Crippen MR) is 124 cm³/mol. The first-order chi connectivity index (χ1) is 16.3. The van der Waals surface area contributed by atoms with Gasteiger partial charge in [-0.1, -0.05) is 13.8 Å². The lowest BCUT2D eigenvalue weighted by Gasteiger charge is -2.24. The number of hydrogen-bond acceptors (Lipinski definition) is 9. The Morgan fingerprint density at radius 2 is 1.91 bits per heavy atom. The van der Waals surface area contributed by atoms with Gasteiger partial charge >= 0.3 is 11.8 Å². The maximum absolute atomic E-state index is 12.9. The van der Waals surface area contributed by atoms with Crippen molar-refractivity contribution in [3.05, 3.63) is 22.7 Å². The monoisotopic (exact) mass is 497 g/mol. The average Bonchev–Trinajstić information content (AvgIpc) is 3.20. The number of alkyl carbamates (subject to hydrolysis) is 1. The summed E-state index contributed by atoms with van der Waals surface area (Å²) in [5, 5.41) is 16.7. The molecule has 1 aromatic heterocycles. The molecule has 0 bridgehead atoms. The molecule has 1 aliphatic heterocycles. The highest BCUT2D eigenvalue weighted by atomic mass is 16.7.